The van der Waals surface area contributed by atoms with E-state index >= 15 is 0 Å². The zero-order valence-electron chi connectivity index (χ0n) is 19.3. The van der Waals surface area contributed by atoms with Crippen LogP contribution in [0.5, 0.6) is 5.75 Å². The Hall–Kier alpha value is -4.98. The number of amides is 1. The fourth-order valence-corrected chi connectivity index (χ4v) is 4.24. The van der Waals surface area contributed by atoms with Crippen LogP contribution >= 0.6 is 0 Å². The maximum absolute atomic E-state index is 12.5. The number of hydrazone groups is 1. The van der Waals surface area contributed by atoms with Crippen molar-refractivity contribution in [2.75, 3.05) is 0 Å². The predicted molar refractivity (Wildman–Crippen MR) is 135 cm³/mol. The van der Waals surface area contributed by atoms with Gasteiger partial charge in [-0.15, -0.1) is 0 Å². The minimum absolute atomic E-state index is 0.211. The van der Waals surface area contributed by atoms with Gasteiger partial charge in [-0.25, -0.2) is 5.43 Å². The van der Waals surface area contributed by atoms with Gasteiger partial charge in [0.2, 0.25) is 5.76 Å². The molecule has 178 valence electrons. The van der Waals surface area contributed by atoms with E-state index in [9.17, 15) is 14.9 Å². The highest BCUT2D eigenvalue weighted by atomic mass is 16.6. The molecule has 1 atom stereocenters. The molecular formula is C28H21N3O5. The van der Waals surface area contributed by atoms with Crippen LogP contribution in [0.15, 0.2) is 106 Å². The molecule has 0 bridgehead atoms. The summed E-state index contributed by atoms with van der Waals surface area (Å²) in [6.45, 7) is 2.05. The molecule has 1 N–H and O–H groups in total. The highest BCUT2D eigenvalue weighted by molar-refractivity contribution is 5.96. The summed E-state index contributed by atoms with van der Waals surface area (Å²) in [5.74, 6) is -0.280. The Labute approximate surface area is 206 Å². The summed E-state index contributed by atoms with van der Waals surface area (Å²) >= 11 is 0. The van der Waals surface area contributed by atoms with Gasteiger partial charge >= 0.3 is 11.8 Å². The zero-order chi connectivity index (χ0) is 25.1. The fourth-order valence-electron chi connectivity index (χ4n) is 4.24. The quantitative estimate of drug-likeness (QED) is 0.212. The highest BCUT2D eigenvalue weighted by Crippen LogP contribution is 2.45. The van der Waals surface area contributed by atoms with Crippen LogP contribution in [0.4, 0.5) is 5.88 Å². The van der Waals surface area contributed by atoms with E-state index in [2.05, 4.69) is 29.6 Å². The monoisotopic (exact) mass is 479 g/mol. The molecule has 0 saturated carbocycles. The molecule has 2 heterocycles. The minimum Gasteiger partial charge on any atom is -0.456 e. The van der Waals surface area contributed by atoms with Crippen LogP contribution in [0, 0.1) is 17.0 Å². The number of carbonyl (C=O) groups excluding carboxylic acids is 1. The lowest BCUT2D eigenvalue weighted by Crippen LogP contribution is -2.21. The number of benzene rings is 3. The molecule has 1 aliphatic rings. The molecule has 0 spiro atoms. The lowest BCUT2D eigenvalue weighted by atomic mass is 9.80. The molecule has 8 heteroatoms. The summed E-state index contributed by atoms with van der Waals surface area (Å²) in [7, 11) is 0. The van der Waals surface area contributed by atoms with Crippen molar-refractivity contribution in [2.24, 2.45) is 5.10 Å². The normalized spacial score (nSPS) is 14.9. The van der Waals surface area contributed by atoms with Crippen LogP contribution in [-0.2, 0) is 0 Å². The van der Waals surface area contributed by atoms with Crippen molar-refractivity contribution in [3.63, 3.8) is 0 Å². The number of nitrogens with one attached hydrogen (secondary N) is 1. The maximum atomic E-state index is 12.5. The Morgan fingerprint density at radius 1 is 0.944 bits per heavy atom. The maximum Gasteiger partial charge on any atom is 0.433 e. The van der Waals surface area contributed by atoms with Crippen molar-refractivity contribution in [3.05, 3.63) is 135 Å². The van der Waals surface area contributed by atoms with Crippen molar-refractivity contribution in [1.29, 1.82) is 0 Å². The van der Waals surface area contributed by atoms with Crippen LogP contribution < -0.4 is 10.2 Å². The van der Waals surface area contributed by atoms with Crippen molar-refractivity contribution < 1.29 is 18.9 Å². The first kappa shape index (κ1) is 22.8. The summed E-state index contributed by atoms with van der Waals surface area (Å²) in [5.41, 5.74) is 7.17. The molecule has 1 aromatic heterocycles. The molecule has 0 aliphatic carbocycles. The molecule has 8 nitrogen and oxygen atoms in total. The second-order valence-electron chi connectivity index (χ2n) is 8.17. The van der Waals surface area contributed by atoms with Crippen LogP contribution in [0.25, 0.3) is 5.76 Å². The van der Waals surface area contributed by atoms with E-state index in [1.165, 1.54) is 6.07 Å². The molecule has 3 aromatic carbocycles. The van der Waals surface area contributed by atoms with Gasteiger partial charge in [0, 0.05) is 22.6 Å². The molecule has 0 unspecified atom stereocenters. The number of nitrogens with zero attached hydrogens (tertiary/aromatic N) is 2. The largest absolute Gasteiger partial charge is 0.456 e. The van der Waals surface area contributed by atoms with Crippen LogP contribution in [0.1, 0.15) is 38.7 Å². The van der Waals surface area contributed by atoms with Crippen molar-refractivity contribution in [3.8, 4) is 5.75 Å². The molecule has 1 amide bonds. The van der Waals surface area contributed by atoms with Crippen LogP contribution in [-0.4, -0.2) is 17.0 Å². The van der Waals surface area contributed by atoms with Gasteiger partial charge in [-0.1, -0.05) is 72.8 Å². The predicted octanol–water partition coefficient (Wildman–Crippen LogP) is 5.85. The smallest absolute Gasteiger partial charge is 0.433 e. The van der Waals surface area contributed by atoms with Gasteiger partial charge in [-0.05, 0) is 30.2 Å². The topological polar surface area (TPSA) is 107 Å². The Morgan fingerprint density at radius 2 is 1.64 bits per heavy atom. The Morgan fingerprint density at radius 3 is 2.36 bits per heavy atom. The summed E-state index contributed by atoms with van der Waals surface area (Å²) in [5, 5.41) is 15.0. The summed E-state index contributed by atoms with van der Waals surface area (Å²) in [6.07, 6.45) is 1.56. The Bertz CT molecular complexity index is 1500. The molecule has 5 rings (SSSR count). The highest BCUT2D eigenvalue weighted by Gasteiger charge is 2.31. The molecular weight excluding hydrogens is 458 g/mol. The Balaban J connectivity index is 1.59. The van der Waals surface area contributed by atoms with E-state index in [4.69, 9.17) is 9.15 Å². The SMILES string of the molecule is Cc1ccccc1[C@H]1C(C=NNC(=O)c2ccc([N+](=O)[O-])o2)=C(c2ccccc2)Oc2ccccc21. The summed E-state index contributed by atoms with van der Waals surface area (Å²) < 4.78 is 11.3. The third-order valence-corrected chi connectivity index (χ3v) is 5.92. The van der Waals surface area contributed by atoms with Crippen molar-refractivity contribution >= 4 is 23.8 Å². The second-order valence-corrected chi connectivity index (χ2v) is 8.17. The number of aryl methyl sites for hydroxylation is 1. The van der Waals surface area contributed by atoms with Crippen molar-refractivity contribution in [2.45, 2.75) is 12.8 Å². The number of hydrogen-bond acceptors (Lipinski definition) is 6. The number of fused-ring (bicyclic) bond motifs is 1. The number of allylic oxidation sites excluding steroid dienone is 1. The van der Waals surface area contributed by atoms with Gasteiger partial charge in [0.1, 0.15) is 16.4 Å². The molecule has 0 fully saturated rings. The van der Waals surface area contributed by atoms with Crippen LogP contribution in [0.3, 0.4) is 0 Å². The van der Waals surface area contributed by atoms with Crippen LogP contribution in [0.2, 0.25) is 0 Å². The standard InChI is InChI=1S/C28H21N3O5/c1-18-9-5-6-12-20(18)26-21-13-7-8-14-23(21)36-27(19-10-3-2-4-11-19)22(26)17-29-30-28(32)24-15-16-25(35-24)31(33)34/h2-17,26H,1H3,(H,30,32)/t26-/m1/s1. The van der Waals surface area contributed by atoms with E-state index in [1.54, 1.807) is 6.21 Å². The van der Waals surface area contributed by atoms with Gasteiger partial charge in [0.05, 0.1) is 12.3 Å². The third kappa shape index (κ3) is 4.39. The van der Waals surface area contributed by atoms with E-state index in [1.807, 2.05) is 66.7 Å². The molecule has 0 radical (unpaired) electrons. The van der Waals surface area contributed by atoms with E-state index in [-0.39, 0.29) is 11.7 Å². The summed E-state index contributed by atoms with van der Waals surface area (Å²) in [6, 6.07) is 28.0. The summed E-state index contributed by atoms with van der Waals surface area (Å²) in [4.78, 5) is 22.6. The number of furan rings is 1. The van der Waals surface area contributed by atoms with Gasteiger partial charge < -0.3 is 9.15 Å². The number of nitro groups is 1. The van der Waals surface area contributed by atoms with Gasteiger partial charge in [0.15, 0.2) is 0 Å². The molecule has 4 aromatic rings. The van der Waals surface area contributed by atoms with Gasteiger partial charge in [0.25, 0.3) is 0 Å². The Kier molecular flexibility index (Phi) is 6.15. The van der Waals surface area contributed by atoms with Gasteiger partial charge in [-0.3, -0.25) is 14.9 Å². The third-order valence-electron chi connectivity index (χ3n) is 5.92. The van der Waals surface area contributed by atoms with E-state index in [0.29, 0.717) is 5.76 Å². The second kappa shape index (κ2) is 9.71. The first-order chi connectivity index (χ1) is 17.5. The van der Waals surface area contributed by atoms with E-state index in [0.717, 1.165) is 39.6 Å². The number of rotatable bonds is 6. The number of para-hydroxylation sites is 1. The first-order valence-electron chi connectivity index (χ1n) is 11.2. The van der Waals surface area contributed by atoms with Gasteiger partial charge in [-0.2, -0.15) is 5.10 Å². The molecule has 1 aliphatic heterocycles. The number of ether oxygens (including phenoxy) is 1. The number of carbonyl (C=O) groups is 1. The average Bonchev–Trinajstić information content (AvgIpc) is 3.40. The lowest BCUT2D eigenvalue weighted by molar-refractivity contribution is -0.402. The minimum atomic E-state index is -0.708. The first-order valence-corrected chi connectivity index (χ1v) is 11.2. The fraction of sp³-hybridized carbons (Fsp3) is 0.0714. The van der Waals surface area contributed by atoms with E-state index < -0.39 is 16.7 Å². The molecule has 36 heavy (non-hydrogen) atoms. The lowest BCUT2D eigenvalue weighted by Gasteiger charge is -2.30. The molecule has 0 saturated heterocycles. The zero-order valence-corrected chi connectivity index (χ0v) is 19.3. The average molecular weight is 479 g/mol. The number of hydrogen-bond donors (Lipinski definition) is 1. The van der Waals surface area contributed by atoms with Crippen molar-refractivity contribution in [1.82, 2.24) is 5.43 Å².